The summed E-state index contributed by atoms with van der Waals surface area (Å²) in [5.41, 5.74) is 4.97. The van der Waals surface area contributed by atoms with Gasteiger partial charge in [-0.15, -0.1) is 0 Å². The number of imide groups is 1. The Bertz CT molecular complexity index is 1690. The molecule has 0 radical (unpaired) electrons. The summed E-state index contributed by atoms with van der Waals surface area (Å²) >= 11 is 0. The van der Waals surface area contributed by atoms with E-state index in [1.807, 2.05) is 85.5 Å². The third kappa shape index (κ3) is 3.08. The highest BCUT2D eigenvalue weighted by Crippen LogP contribution is 2.51. The number of Topliss-reactive ketones (excluding diaryl/α,β-unsaturated/α-hetero) is 1. The van der Waals surface area contributed by atoms with Gasteiger partial charge in [0, 0.05) is 16.8 Å². The topological polar surface area (TPSA) is 57.7 Å². The van der Waals surface area contributed by atoms with Crippen LogP contribution in [-0.2, 0) is 9.59 Å². The second-order valence-corrected chi connectivity index (χ2v) is 10.5. The van der Waals surface area contributed by atoms with E-state index in [9.17, 15) is 14.4 Å². The van der Waals surface area contributed by atoms with Gasteiger partial charge in [-0.2, -0.15) is 0 Å². The molecule has 2 amide bonds. The largest absolute Gasteiger partial charge is 0.352 e. The van der Waals surface area contributed by atoms with Crippen molar-refractivity contribution in [3.8, 4) is 0 Å². The minimum atomic E-state index is -0.788. The third-order valence-corrected chi connectivity index (χ3v) is 8.33. The molecule has 4 atom stereocenters. The minimum absolute atomic E-state index is 0.138. The highest BCUT2D eigenvalue weighted by Gasteiger charge is 2.64. The molecule has 4 aromatic rings. The number of carbonyl (C=O) groups excluding carboxylic acids is 3. The van der Waals surface area contributed by atoms with Crippen LogP contribution in [0.2, 0.25) is 0 Å². The predicted octanol–water partition coefficient (Wildman–Crippen LogP) is 5.73. The summed E-state index contributed by atoms with van der Waals surface area (Å²) < 4.78 is 0. The summed E-state index contributed by atoms with van der Waals surface area (Å²) in [5.74, 6) is -2.09. The van der Waals surface area contributed by atoms with Crippen molar-refractivity contribution in [2.75, 3.05) is 9.80 Å². The van der Waals surface area contributed by atoms with Crippen molar-refractivity contribution in [3.63, 3.8) is 0 Å². The van der Waals surface area contributed by atoms with Gasteiger partial charge in [0.15, 0.2) is 5.78 Å². The zero-order valence-corrected chi connectivity index (χ0v) is 21.2. The molecule has 0 aromatic heterocycles. The van der Waals surface area contributed by atoms with Crippen LogP contribution in [0.25, 0.3) is 16.8 Å². The number of benzene rings is 4. The smallest absolute Gasteiger partial charge is 0.240 e. The van der Waals surface area contributed by atoms with Gasteiger partial charge in [-0.05, 0) is 42.3 Å². The van der Waals surface area contributed by atoms with Crippen LogP contribution in [0.4, 0.5) is 11.4 Å². The molecule has 186 valence electrons. The lowest BCUT2D eigenvalue weighted by Crippen LogP contribution is -2.49. The summed E-state index contributed by atoms with van der Waals surface area (Å²) in [5, 5.41) is 2.19. The van der Waals surface area contributed by atoms with Crippen molar-refractivity contribution in [2.45, 2.75) is 25.9 Å². The monoisotopic (exact) mass is 498 g/mol. The lowest BCUT2D eigenvalue weighted by Gasteiger charge is -2.37. The second kappa shape index (κ2) is 8.25. The van der Waals surface area contributed by atoms with Crippen LogP contribution in [0.3, 0.4) is 0 Å². The fourth-order valence-electron chi connectivity index (χ4n) is 6.69. The molecule has 2 fully saturated rings. The average Bonchev–Trinajstić information content (AvgIpc) is 3.41. The van der Waals surface area contributed by atoms with E-state index in [0.29, 0.717) is 11.3 Å². The normalized spacial score (nSPS) is 23.5. The predicted molar refractivity (Wildman–Crippen MR) is 149 cm³/mol. The van der Waals surface area contributed by atoms with Crippen molar-refractivity contribution in [2.24, 2.45) is 11.8 Å². The molecule has 3 aliphatic rings. The SMILES string of the molecule is Cc1ccc(N2C(=O)[C@@H]3[C@H](C2=O)[C@H](C(=O)c2ccccc2)N2c4ccc5ccccc5c4C=C[C@@H]32)c(C)c1. The summed E-state index contributed by atoms with van der Waals surface area (Å²) in [7, 11) is 0. The maximum Gasteiger partial charge on any atom is 0.240 e. The van der Waals surface area contributed by atoms with Crippen LogP contribution >= 0.6 is 0 Å². The Labute approximate surface area is 221 Å². The molecular weight excluding hydrogens is 472 g/mol. The van der Waals surface area contributed by atoms with Gasteiger partial charge in [-0.25, -0.2) is 4.90 Å². The molecule has 0 saturated carbocycles. The standard InChI is InChI=1S/C33H26N2O3/c1-19-12-15-25(20(2)18-19)35-32(37)28-27-17-14-24-23-11-7-6-8-21(23)13-16-26(24)34(27)30(29(28)33(35)38)31(36)22-9-4-3-5-10-22/h3-18,27-30H,1-2H3/t27-,28-,29-,30+/m0/s1. The number of amides is 2. The molecule has 0 unspecified atom stereocenters. The molecule has 5 heteroatoms. The molecule has 0 N–H and O–H groups in total. The molecule has 0 spiro atoms. The van der Waals surface area contributed by atoms with Crippen molar-refractivity contribution < 1.29 is 14.4 Å². The first-order valence-corrected chi connectivity index (χ1v) is 13.0. The van der Waals surface area contributed by atoms with Gasteiger partial charge in [-0.1, -0.05) is 90.5 Å². The van der Waals surface area contributed by atoms with E-state index in [1.54, 1.807) is 12.1 Å². The summed E-state index contributed by atoms with van der Waals surface area (Å²) in [4.78, 5) is 45.8. The average molecular weight is 499 g/mol. The van der Waals surface area contributed by atoms with Crippen LogP contribution in [0, 0.1) is 25.7 Å². The molecule has 5 nitrogen and oxygen atoms in total. The number of fused-ring (bicyclic) bond motifs is 7. The second-order valence-electron chi connectivity index (χ2n) is 10.5. The maximum absolute atomic E-state index is 14.2. The minimum Gasteiger partial charge on any atom is -0.352 e. The lowest BCUT2D eigenvalue weighted by atomic mass is 9.86. The highest BCUT2D eigenvalue weighted by atomic mass is 16.2. The van der Waals surface area contributed by atoms with Crippen LogP contribution in [0.5, 0.6) is 0 Å². The Morgan fingerprint density at radius 2 is 1.47 bits per heavy atom. The van der Waals surface area contributed by atoms with Gasteiger partial charge in [-0.3, -0.25) is 14.4 Å². The number of rotatable bonds is 3. The van der Waals surface area contributed by atoms with Gasteiger partial charge >= 0.3 is 0 Å². The molecule has 3 aliphatic heterocycles. The lowest BCUT2D eigenvalue weighted by molar-refractivity contribution is -0.122. The Morgan fingerprint density at radius 1 is 0.763 bits per heavy atom. The number of hydrogen-bond acceptors (Lipinski definition) is 4. The van der Waals surface area contributed by atoms with Crippen molar-refractivity contribution >= 4 is 45.8 Å². The fraction of sp³-hybridized carbons (Fsp3) is 0.182. The Balaban J connectivity index is 1.41. The van der Waals surface area contributed by atoms with Gasteiger partial charge < -0.3 is 4.90 Å². The zero-order valence-electron chi connectivity index (χ0n) is 21.2. The third-order valence-electron chi connectivity index (χ3n) is 8.33. The van der Waals surface area contributed by atoms with E-state index >= 15 is 0 Å². The number of anilines is 2. The molecule has 38 heavy (non-hydrogen) atoms. The first-order valence-electron chi connectivity index (χ1n) is 13.0. The fourth-order valence-corrected chi connectivity index (χ4v) is 6.69. The van der Waals surface area contributed by atoms with Crippen LogP contribution in [0.15, 0.2) is 91.0 Å². The first-order chi connectivity index (χ1) is 18.5. The first kappa shape index (κ1) is 22.7. The molecule has 3 heterocycles. The van der Waals surface area contributed by atoms with E-state index in [1.165, 1.54) is 4.90 Å². The van der Waals surface area contributed by atoms with Gasteiger partial charge in [0.05, 0.1) is 23.6 Å². The quantitative estimate of drug-likeness (QED) is 0.267. The van der Waals surface area contributed by atoms with Gasteiger partial charge in [0.25, 0.3) is 0 Å². The zero-order chi connectivity index (χ0) is 26.1. The van der Waals surface area contributed by atoms with E-state index in [2.05, 4.69) is 18.2 Å². The molecular formula is C33H26N2O3. The Morgan fingerprint density at radius 3 is 2.26 bits per heavy atom. The number of nitrogens with zero attached hydrogens (tertiary/aromatic N) is 2. The van der Waals surface area contributed by atoms with Gasteiger partial charge in [0.2, 0.25) is 11.8 Å². The van der Waals surface area contributed by atoms with Crippen LogP contribution in [0.1, 0.15) is 27.0 Å². The summed E-state index contributed by atoms with van der Waals surface area (Å²) in [6.45, 7) is 3.90. The molecule has 2 saturated heterocycles. The highest BCUT2D eigenvalue weighted by molar-refractivity contribution is 6.26. The summed E-state index contributed by atoms with van der Waals surface area (Å²) in [6.07, 6.45) is 4.07. The Kier molecular flexibility index (Phi) is 4.92. The van der Waals surface area contributed by atoms with Crippen molar-refractivity contribution in [1.29, 1.82) is 0 Å². The van der Waals surface area contributed by atoms with Crippen molar-refractivity contribution in [1.82, 2.24) is 0 Å². The van der Waals surface area contributed by atoms with Crippen LogP contribution < -0.4 is 9.80 Å². The summed E-state index contributed by atoms with van der Waals surface area (Å²) in [6, 6.07) is 25.9. The van der Waals surface area contributed by atoms with Crippen LogP contribution in [-0.4, -0.2) is 29.7 Å². The van der Waals surface area contributed by atoms with Gasteiger partial charge in [0.1, 0.15) is 6.04 Å². The van der Waals surface area contributed by atoms with E-state index in [4.69, 9.17) is 0 Å². The van der Waals surface area contributed by atoms with Crippen molar-refractivity contribution in [3.05, 3.63) is 113 Å². The number of hydrogen-bond donors (Lipinski definition) is 0. The number of ketones is 1. The molecule has 0 bridgehead atoms. The number of aryl methyl sites for hydroxylation is 2. The maximum atomic E-state index is 14.2. The van der Waals surface area contributed by atoms with E-state index < -0.39 is 23.9 Å². The molecule has 4 aromatic carbocycles. The van der Waals surface area contributed by atoms with E-state index in [0.717, 1.165) is 33.2 Å². The molecule has 0 aliphatic carbocycles. The Hall–Kier alpha value is -4.51. The number of carbonyl (C=O) groups is 3. The molecule has 7 rings (SSSR count). The van der Waals surface area contributed by atoms with E-state index in [-0.39, 0.29) is 17.6 Å².